The zero-order valence-corrected chi connectivity index (χ0v) is 43.8. The molecule has 0 aliphatic carbocycles. The fourth-order valence-corrected chi connectivity index (χ4v) is 11.8. The number of hydrogen-bond donors (Lipinski definition) is 4. The second-order valence-corrected chi connectivity index (χ2v) is 23.3. The molecule has 1 amide bonds. The minimum absolute atomic E-state index is 0.166. The number of aromatic nitrogens is 1. The highest BCUT2D eigenvalue weighted by atomic mass is 32.2. The summed E-state index contributed by atoms with van der Waals surface area (Å²) in [6.45, 7) is 19.6. The largest absolute Gasteiger partial charge is 0.352 e. The predicted octanol–water partition coefficient (Wildman–Crippen LogP) is 11.0. The van der Waals surface area contributed by atoms with E-state index in [0.29, 0.717) is 76.5 Å². The first-order chi connectivity index (χ1) is 33.4. The summed E-state index contributed by atoms with van der Waals surface area (Å²) in [5.74, 6) is -0.0515. The SMILES string of the molecule is CCN1/C(=C/C=C(/C=C/C2=[N+](CC)c3ccc4c(SOOO)cc(S(=O)(=O)O)cc4c3C2(C)C)c2ccc(C(=O)NCCCCCC(=O)C(C)(C)C)cn2)C(C)(C)c2c1ccc1c(S(=O)(=O)O)cccc21. The van der Waals surface area contributed by atoms with E-state index >= 15 is 0 Å². The van der Waals surface area contributed by atoms with Crippen molar-refractivity contribution >= 4 is 88.2 Å². The third kappa shape index (κ3) is 10.7. The Bertz CT molecular complexity index is 3300. The van der Waals surface area contributed by atoms with Crippen molar-refractivity contribution in [3.8, 4) is 0 Å². The van der Waals surface area contributed by atoms with Crippen molar-refractivity contribution in [3.05, 3.63) is 125 Å². The first-order valence-electron chi connectivity index (χ1n) is 23.4. The Morgan fingerprint density at radius 2 is 1.59 bits per heavy atom. The van der Waals surface area contributed by atoms with Crippen molar-refractivity contribution in [1.82, 2.24) is 10.3 Å². The topological polar surface area (TPSA) is 213 Å². The first-order valence-corrected chi connectivity index (χ1v) is 27.1. The van der Waals surface area contributed by atoms with Gasteiger partial charge in [-0.15, -0.1) is 4.33 Å². The lowest BCUT2D eigenvalue weighted by Gasteiger charge is -2.26. The molecule has 71 heavy (non-hydrogen) atoms. The number of fused-ring (bicyclic) bond motifs is 6. The molecule has 0 radical (unpaired) electrons. The Morgan fingerprint density at radius 3 is 2.23 bits per heavy atom. The molecule has 0 atom stereocenters. The molecule has 5 aromatic rings. The number of hydrogen-bond acceptors (Lipinski definition) is 12. The van der Waals surface area contributed by atoms with E-state index in [1.54, 1.807) is 24.3 Å². The smallest absolute Gasteiger partial charge is 0.295 e. The molecule has 4 N–H and O–H groups in total. The van der Waals surface area contributed by atoms with Gasteiger partial charge >= 0.3 is 0 Å². The van der Waals surface area contributed by atoms with Crippen LogP contribution in [-0.4, -0.2) is 77.8 Å². The third-order valence-electron chi connectivity index (χ3n) is 13.5. The number of ketones is 1. The molecule has 0 fully saturated rings. The lowest BCUT2D eigenvalue weighted by molar-refractivity contribution is -0.433. The quantitative estimate of drug-likeness (QED) is 0.0122. The standard InChI is InChI=1S/C53H60N4O11S3/c1-10-56-41-26-23-37-38(16-15-17-44(37)71(64,65)66)48(41)52(6,7)45(56)27-20-33(40-24-19-34(32-55-40)50(59)54-29-14-12-13-18-47(58)51(3,4)5)21-28-46-53(8,9)49-39-30-35(70(61,62)63)31-43(69-68-67-60)36(39)22-25-42(49)57(46)11-2/h15-17,19-28,30-32H,10-14,18,29H2,1-9H3,(H3-,54,59,60,61,62,63,64,65,66)/p+1. The maximum atomic E-state index is 13.3. The molecular formula is C53H61N4O11S3+. The number of nitrogens with zero attached hydrogens (tertiary/aromatic N) is 3. The molecule has 376 valence electrons. The number of unbranched alkanes of at least 4 members (excludes halogenated alkanes) is 2. The van der Waals surface area contributed by atoms with Crippen LogP contribution in [0.4, 0.5) is 11.4 Å². The van der Waals surface area contributed by atoms with Gasteiger partial charge in [-0.05, 0) is 117 Å². The van der Waals surface area contributed by atoms with Crippen LogP contribution in [0.1, 0.15) is 115 Å². The second-order valence-electron chi connectivity index (χ2n) is 19.8. The van der Waals surface area contributed by atoms with Gasteiger partial charge in [-0.2, -0.15) is 21.4 Å². The van der Waals surface area contributed by atoms with E-state index in [0.717, 1.165) is 53.2 Å². The Kier molecular flexibility index (Phi) is 15.4. The fraction of sp³-hybridized carbons (Fsp3) is 0.358. The molecule has 3 heterocycles. The van der Waals surface area contributed by atoms with E-state index in [1.807, 2.05) is 97.0 Å². The molecule has 4 aromatic carbocycles. The molecule has 7 rings (SSSR count). The molecular weight excluding hydrogens is 965 g/mol. The average molecular weight is 1030 g/mol. The van der Waals surface area contributed by atoms with E-state index in [2.05, 4.69) is 33.7 Å². The van der Waals surface area contributed by atoms with E-state index in [1.165, 1.54) is 24.4 Å². The lowest BCUT2D eigenvalue weighted by atomic mass is 9.79. The molecule has 0 unspecified atom stereocenters. The number of nitrogens with one attached hydrogen (secondary N) is 1. The van der Waals surface area contributed by atoms with Gasteiger partial charge in [0.05, 0.1) is 33.6 Å². The van der Waals surface area contributed by atoms with Gasteiger partial charge in [0.2, 0.25) is 5.69 Å². The molecule has 1 aromatic heterocycles. The summed E-state index contributed by atoms with van der Waals surface area (Å²) in [5.41, 5.74) is 5.06. The Labute approximate surface area is 419 Å². The maximum Gasteiger partial charge on any atom is 0.295 e. The van der Waals surface area contributed by atoms with Crippen molar-refractivity contribution in [2.24, 2.45) is 5.41 Å². The number of pyridine rings is 1. The van der Waals surface area contributed by atoms with Crippen LogP contribution < -0.4 is 10.2 Å². The van der Waals surface area contributed by atoms with Gasteiger partial charge in [0.1, 0.15) is 17.2 Å². The van der Waals surface area contributed by atoms with Crippen molar-refractivity contribution in [2.75, 3.05) is 24.5 Å². The summed E-state index contributed by atoms with van der Waals surface area (Å²) < 4.78 is 77.3. The highest BCUT2D eigenvalue weighted by Gasteiger charge is 2.46. The summed E-state index contributed by atoms with van der Waals surface area (Å²) >= 11 is 0.596. The molecule has 0 saturated carbocycles. The normalized spacial score (nSPS) is 16.4. The lowest BCUT2D eigenvalue weighted by Crippen LogP contribution is -2.27. The Hall–Kier alpha value is -5.57. The van der Waals surface area contributed by atoms with Crippen molar-refractivity contribution in [1.29, 1.82) is 0 Å². The number of carbonyl (C=O) groups excluding carboxylic acids is 2. The van der Waals surface area contributed by atoms with Gasteiger partial charge in [-0.1, -0.05) is 70.4 Å². The Morgan fingerprint density at radius 1 is 0.859 bits per heavy atom. The van der Waals surface area contributed by atoms with E-state index in [9.17, 15) is 35.5 Å². The number of carbonyl (C=O) groups is 2. The van der Waals surface area contributed by atoms with Crippen LogP contribution in [0.3, 0.4) is 0 Å². The van der Waals surface area contributed by atoms with Crippen molar-refractivity contribution in [3.63, 3.8) is 0 Å². The molecule has 2 aliphatic heterocycles. The zero-order chi connectivity index (χ0) is 51.8. The first kappa shape index (κ1) is 53.2. The minimum atomic E-state index is -4.67. The molecule has 15 nitrogen and oxygen atoms in total. The summed E-state index contributed by atoms with van der Waals surface area (Å²) in [6, 6.07) is 18.4. The van der Waals surface area contributed by atoms with E-state index in [4.69, 9.17) is 14.6 Å². The minimum Gasteiger partial charge on any atom is -0.352 e. The monoisotopic (exact) mass is 1030 g/mol. The highest BCUT2D eigenvalue weighted by Crippen LogP contribution is 2.52. The van der Waals surface area contributed by atoms with Crippen LogP contribution in [0.15, 0.2) is 118 Å². The van der Waals surface area contributed by atoms with Gasteiger partial charge in [0.25, 0.3) is 26.1 Å². The molecule has 0 bridgehead atoms. The van der Waals surface area contributed by atoms with Crippen LogP contribution in [0.5, 0.6) is 0 Å². The molecule has 2 aliphatic rings. The number of allylic oxidation sites excluding steroid dienone is 6. The van der Waals surface area contributed by atoms with Gasteiger partial charge in [-0.25, -0.2) is 5.26 Å². The fourth-order valence-electron chi connectivity index (χ4n) is 9.94. The number of Topliss-reactive ketones (excluding diaryl/α,β-unsaturated/α-hetero) is 1. The van der Waals surface area contributed by atoms with Gasteiger partial charge in [-0.3, -0.25) is 23.7 Å². The van der Waals surface area contributed by atoms with Gasteiger partial charge in [0, 0.05) is 81.5 Å². The number of anilines is 1. The van der Waals surface area contributed by atoms with Gasteiger partial charge in [0.15, 0.2) is 5.71 Å². The van der Waals surface area contributed by atoms with E-state index < -0.39 is 31.1 Å². The van der Waals surface area contributed by atoms with E-state index in [-0.39, 0.29) is 31.8 Å². The summed E-state index contributed by atoms with van der Waals surface area (Å²) in [7, 11) is -9.18. The van der Waals surface area contributed by atoms with Crippen LogP contribution in [0.2, 0.25) is 0 Å². The molecule has 0 saturated heterocycles. The summed E-state index contributed by atoms with van der Waals surface area (Å²) in [5, 5.41) is 18.0. The van der Waals surface area contributed by atoms with Crippen LogP contribution in [-0.2, 0) is 45.2 Å². The van der Waals surface area contributed by atoms with Crippen molar-refractivity contribution in [2.45, 2.75) is 114 Å². The van der Waals surface area contributed by atoms with Crippen LogP contribution in [0.25, 0.3) is 27.1 Å². The molecule has 18 heteroatoms. The zero-order valence-electron chi connectivity index (χ0n) is 41.4. The highest BCUT2D eigenvalue weighted by molar-refractivity contribution is 7.94. The third-order valence-corrected chi connectivity index (χ3v) is 15.9. The number of rotatable bonds is 18. The number of benzene rings is 4. The maximum absolute atomic E-state index is 13.3. The number of amides is 1. The summed E-state index contributed by atoms with van der Waals surface area (Å²) in [6.07, 6.45) is 12.3. The predicted molar refractivity (Wildman–Crippen MR) is 277 cm³/mol. The van der Waals surface area contributed by atoms with Crippen LogP contribution >= 0.6 is 12.0 Å². The summed E-state index contributed by atoms with van der Waals surface area (Å²) in [4.78, 5) is 32.4. The average Bonchev–Trinajstić information content (AvgIpc) is 3.68. The van der Waals surface area contributed by atoms with Gasteiger partial charge < -0.3 is 10.2 Å². The second kappa shape index (κ2) is 20.5. The number of likely N-dealkylation sites (N-methyl/N-ethyl adjacent to an activating group) is 1. The van der Waals surface area contributed by atoms with Crippen molar-refractivity contribution < 1.29 is 54.7 Å². The van der Waals surface area contributed by atoms with Crippen LogP contribution in [0, 0.1) is 5.41 Å². The molecule has 0 spiro atoms. The Balaban J connectivity index is 1.29.